The van der Waals surface area contributed by atoms with Crippen LogP contribution in [-0.2, 0) is 4.74 Å². The summed E-state index contributed by atoms with van der Waals surface area (Å²) in [6.45, 7) is 6.65. The molecular weight excluding hydrogens is 328 g/mol. The van der Waals surface area contributed by atoms with Crippen LogP contribution >= 0.6 is 11.3 Å². The van der Waals surface area contributed by atoms with E-state index >= 15 is 0 Å². The number of nitrogens with one attached hydrogen (secondary N) is 1. The number of aromatic nitrogens is 1. The van der Waals surface area contributed by atoms with Gasteiger partial charge in [-0.1, -0.05) is 0 Å². The number of carbonyl (C=O) groups is 1. The minimum absolute atomic E-state index is 0.134. The van der Waals surface area contributed by atoms with Crippen molar-refractivity contribution in [3.8, 4) is 11.5 Å². The van der Waals surface area contributed by atoms with Crippen molar-refractivity contribution in [3.63, 3.8) is 0 Å². The standard InChI is InChI=1S/C17H22N2O4S/c1-11(2)22-7-8-23-15-9-13(21-4)5-6-14(15)16(20)19-17-18-10-12(3)24-17/h5-6,9-11H,7-8H2,1-4H3,(H,18,19,20). The number of anilines is 1. The van der Waals surface area contributed by atoms with E-state index in [9.17, 15) is 4.79 Å². The molecule has 0 aliphatic rings. The third-order valence-corrected chi connectivity index (χ3v) is 3.90. The molecule has 0 fully saturated rings. The summed E-state index contributed by atoms with van der Waals surface area (Å²) in [5.41, 5.74) is 0.424. The first-order valence-corrected chi connectivity index (χ1v) is 8.47. The van der Waals surface area contributed by atoms with Crippen LogP contribution in [0.1, 0.15) is 29.1 Å². The van der Waals surface area contributed by atoms with Gasteiger partial charge in [-0.3, -0.25) is 10.1 Å². The number of ether oxygens (including phenoxy) is 3. The van der Waals surface area contributed by atoms with Gasteiger partial charge in [0.05, 0.1) is 25.4 Å². The second kappa shape index (κ2) is 8.65. The molecule has 1 aromatic heterocycles. The van der Waals surface area contributed by atoms with Crippen LogP contribution in [0.3, 0.4) is 0 Å². The fraction of sp³-hybridized carbons (Fsp3) is 0.412. The second-order valence-electron chi connectivity index (χ2n) is 5.36. The molecule has 6 nitrogen and oxygen atoms in total. The lowest BCUT2D eigenvalue weighted by Gasteiger charge is -2.13. The van der Waals surface area contributed by atoms with Crippen LogP contribution in [0.25, 0.3) is 0 Å². The van der Waals surface area contributed by atoms with Gasteiger partial charge in [0.25, 0.3) is 5.91 Å². The molecule has 0 saturated heterocycles. The predicted molar refractivity (Wildman–Crippen MR) is 94.4 cm³/mol. The minimum atomic E-state index is -0.271. The van der Waals surface area contributed by atoms with Crippen molar-refractivity contribution < 1.29 is 19.0 Å². The molecule has 24 heavy (non-hydrogen) atoms. The summed E-state index contributed by atoms with van der Waals surface area (Å²) in [7, 11) is 1.57. The molecule has 0 saturated carbocycles. The van der Waals surface area contributed by atoms with Crippen LogP contribution in [0.4, 0.5) is 5.13 Å². The van der Waals surface area contributed by atoms with Crippen molar-refractivity contribution in [1.82, 2.24) is 4.98 Å². The van der Waals surface area contributed by atoms with Crippen molar-refractivity contribution in [3.05, 3.63) is 34.8 Å². The van der Waals surface area contributed by atoms with E-state index in [1.54, 1.807) is 31.5 Å². The van der Waals surface area contributed by atoms with E-state index in [1.807, 2.05) is 20.8 Å². The summed E-state index contributed by atoms with van der Waals surface area (Å²) < 4.78 is 16.4. The number of aryl methyl sites for hydroxylation is 1. The average Bonchev–Trinajstić information content (AvgIpc) is 2.96. The van der Waals surface area contributed by atoms with E-state index in [0.29, 0.717) is 35.4 Å². The van der Waals surface area contributed by atoms with Crippen molar-refractivity contribution in [2.24, 2.45) is 0 Å². The zero-order chi connectivity index (χ0) is 17.5. The van der Waals surface area contributed by atoms with Gasteiger partial charge in [0.15, 0.2) is 5.13 Å². The molecule has 0 atom stereocenters. The zero-order valence-electron chi connectivity index (χ0n) is 14.3. The van der Waals surface area contributed by atoms with Gasteiger partial charge in [-0.2, -0.15) is 0 Å². The van der Waals surface area contributed by atoms with Gasteiger partial charge in [-0.25, -0.2) is 4.98 Å². The SMILES string of the molecule is COc1ccc(C(=O)Nc2ncc(C)s2)c(OCCOC(C)C)c1. The van der Waals surface area contributed by atoms with Crippen LogP contribution in [0.5, 0.6) is 11.5 Å². The van der Waals surface area contributed by atoms with Gasteiger partial charge in [0, 0.05) is 17.1 Å². The summed E-state index contributed by atoms with van der Waals surface area (Å²) in [5.74, 6) is 0.802. The third-order valence-electron chi connectivity index (χ3n) is 3.07. The Morgan fingerprint density at radius 1 is 1.33 bits per heavy atom. The van der Waals surface area contributed by atoms with Gasteiger partial charge >= 0.3 is 0 Å². The Morgan fingerprint density at radius 3 is 2.75 bits per heavy atom. The van der Waals surface area contributed by atoms with E-state index < -0.39 is 0 Å². The topological polar surface area (TPSA) is 69.7 Å². The molecule has 2 aromatic rings. The number of benzene rings is 1. The fourth-order valence-electron chi connectivity index (χ4n) is 1.95. The lowest BCUT2D eigenvalue weighted by Crippen LogP contribution is -2.16. The average molecular weight is 350 g/mol. The summed E-state index contributed by atoms with van der Waals surface area (Å²) >= 11 is 1.42. The second-order valence-corrected chi connectivity index (χ2v) is 6.60. The normalized spacial score (nSPS) is 10.7. The first-order valence-electron chi connectivity index (χ1n) is 7.66. The van der Waals surface area contributed by atoms with Gasteiger partial charge in [-0.15, -0.1) is 11.3 Å². The Kier molecular flexibility index (Phi) is 6.57. The highest BCUT2D eigenvalue weighted by molar-refractivity contribution is 7.15. The molecule has 7 heteroatoms. The van der Waals surface area contributed by atoms with Gasteiger partial charge in [-0.05, 0) is 32.9 Å². The van der Waals surface area contributed by atoms with Crippen LogP contribution in [0.2, 0.25) is 0 Å². The lowest BCUT2D eigenvalue weighted by molar-refractivity contribution is 0.0549. The monoisotopic (exact) mass is 350 g/mol. The van der Waals surface area contributed by atoms with E-state index in [0.717, 1.165) is 4.88 Å². The smallest absolute Gasteiger partial charge is 0.261 e. The number of hydrogen-bond acceptors (Lipinski definition) is 6. The van der Waals surface area contributed by atoms with E-state index in [1.165, 1.54) is 11.3 Å². The zero-order valence-corrected chi connectivity index (χ0v) is 15.1. The van der Waals surface area contributed by atoms with Crippen LogP contribution in [0.15, 0.2) is 24.4 Å². The molecule has 0 unspecified atom stereocenters. The van der Waals surface area contributed by atoms with Crippen molar-refractivity contribution >= 4 is 22.4 Å². The number of hydrogen-bond donors (Lipinski definition) is 1. The maximum absolute atomic E-state index is 12.5. The molecule has 0 radical (unpaired) electrons. The van der Waals surface area contributed by atoms with Crippen LogP contribution < -0.4 is 14.8 Å². The van der Waals surface area contributed by atoms with Gasteiger partial charge < -0.3 is 14.2 Å². The van der Waals surface area contributed by atoms with E-state index in [2.05, 4.69) is 10.3 Å². The summed E-state index contributed by atoms with van der Waals surface area (Å²) in [6.07, 6.45) is 1.85. The molecule has 1 amide bonds. The Bertz CT molecular complexity index is 685. The van der Waals surface area contributed by atoms with E-state index in [-0.39, 0.29) is 12.0 Å². The summed E-state index contributed by atoms with van der Waals surface area (Å²) in [6, 6.07) is 5.09. The summed E-state index contributed by atoms with van der Waals surface area (Å²) in [5, 5.41) is 3.34. The quantitative estimate of drug-likeness (QED) is 0.738. The molecule has 0 aliphatic carbocycles. The maximum Gasteiger partial charge on any atom is 0.261 e. The highest BCUT2D eigenvalue weighted by Crippen LogP contribution is 2.26. The molecule has 1 aromatic carbocycles. The van der Waals surface area contributed by atoms with Crippen LogP contribution in [-0.4, -0.2) is 37.3 Å². The fourth-order valence-corrected chi connectivity index (χ4v) is 2.61. The Labute approximate surface area is 145 Å². The highest BCUT2D eigenvalue weighted by atomic mass is 32.1. The molecule has 2 rings (SSSR count). The number of nitrogens with zero attached hydrogens (tertiary/aromatic N) is 1. The third kappa shape index (κ3) is 5.21. The predicted octanol–water partition coefficient (Wildman–Crippen LogP) is 3.52. The van der Waals surface area contributed by atoms with Crippen molar-refractivity contribution in [2.75, 3.05) is 25.6 Å². The number of amides is 1. The Hall–Kier alpha value is -2.12. The number of thiazole rings is 1. The maximum atomic E-state index is 12.5. The number of methoxy groups -OCH3 is 1. The summed E-state index contributed by atoms with van der Waals surface area (Å²) in [4.78, 5) is 17.7. The number of carbonyl (C=O) groups excluding carboxylic acids is 1. The first-order chi connectivity index (χ1) is 11.5. The Balaban J connectivity index is 2.10. The number of rotatable bonds is 8. The van der Waals surface area contributed by atoms with Crippen LogP contribution in [0, 0.1) is 6.92 Å². The Morgan fingerprint density at radius 2 is 2.12 bits per heavy atom. The molecule has 0 bridgehead atoms. The van der Waals surface area contributed by atoms with Gasteiger partial charge in [0.2, 0.25) is 0 Å². The lowest BCUT2D eigenvalue weighted by atomic mass is 10.2. The van der Waals surface area contributed by atoms with E-state index in [4.69, 9.17) is 14.2 Å². The van der Waals surface area contributed by atoms with Crippen molar-refractivity contribution in [2.45, 2.75) is 26.9 Å². The molecule has 0 aliphatic heterocycles. The van der Waals surface area contributed by atoms with Gasteiger partial charge in [0.1, 0.15) is 18.1 Å². The molecule has 130 valence electrons. The molecule has 1 heterocycles. The molecular formula is C17H22N2O4S. The molecule has 0 spiro atoms. The highest BCUT2D eigenvalue weighted by Gasteiger charge is 2.15. The van der Waals surface area contributed by atoms with Crippen molar-refractivity contribution in [1.29, 1.82) is 0 Å². The largest absolute Gasteiger partial charge is 0.497 e. The minimum Gasteiger partial charge on any atom is -0.497 e. The molecule has 1 N–H and O–H groups in total. The first kappa shape index (κ1) is 18.2.